The van der Waals surface area contributed by atoms with Crippen LogP contribution >= 0.6 is 0 Å². The van der Waals surface area contributed by atoms with Gasteiger partial charge in [0.15, 0.2) is 0 Å². The molecule has 0 radical (unpaired) electrons. The summed E-state index contributed by atoms with van der Waals surface area (Å²) in [7, 11) is 0. The van der Waals surface area contributed by atoms with Crippen molar-refractivity contribution in [3.05, 3.63) is 41.0 Å². The van der Waals surface area contributed by atoms with Crippen molar-refractivity contribution in [3.63, 3.8) is 0 Å². The summed E-state index contributed by atoms with van der Waals surface area (Å²) in [5, 5.41) is 8.83. The monoisotopic (exact) mass is 217 g/mol. The van der Waals surface area contributed by atoms with Crippen molar-refractivity contribution in [1.29, 1.82) is 0 Å². The Balaban J connectivity index is 2.28. The van der Waals surface area contributed by atoms with Gasteiger partial charge in [-0.05, 0) is 36.5 Å². The van der Waals surface area contributed by atoms with E-state index in [4.69, 9.17) is 10.8 Å². The van der Waals surface area contributed by atoms with Crippen LogP contribution in [0.15, 0.2) is 29.8 Å². The van der Waals surface area contributed by atoms with E-state index >= 15 is 0 Å². The Bertz CT molecular complexity index is 463. The van der Waals surface area contributed by atoms with E-state index in [9.17, 15) is 4.79 Å². The molecule has 1 atom stereocenters. The van der Waals surface area contributed by atoms with Crippen LogP contribution in [0, 0.1) is 0 Å². The number of carboxylic acid groups (broad SMARTS) is 1. The standard InChI is InChI=1S/C13H15NO2/c1-8-6-9-4-2-3-5-10(9)11(8)7-12(14)13(15)16/h2-5,12H,6-7,14H2,1H3,(H,15,16). The number of allylic oxidation sites excluding steroid dienone is 1. The second-order valence-electron chi connectivity index (χ2n) is 4.24. The van der Waals surface area contributed by atoms with E-state index in [1.807, 2.05) is 25.1 Å². The number of carbonyl (C=O) groups is 1. The molecule has 0 aliphatic heterocycles. The third-order valence-electron chi connectivity index (χ3n) is 3.05. The SMILES string of the molecule is CC1=C(CC(N)C(=O)O)c2ccccc2C1. The van der Waals surface area contributed by atoms with Crippen LogP contribution in [0.1, 0.15) is 24.5 Å². The van der Waals surface area contributed by atoms with Crippen molar-refractivity contribution in [2.24, 2.45) is 5.73 Å². The molecule has 84 valence electrons. The number of fused-ring (bicyclic) bond motifs is 1. The lowest BCUT2D eigenvalue weighted by atomic mass is 9.99. The van der Waals surface area contributed by atoms with E-state index in [0.717, 1.165) is 17.6 Å². The molecule has 1 aliphatic rings. The summed E-state index contributed by atoms with van der Waals surface area (Å²) < 4.78 is 0. The average Bonchev–Trinajstić information content (AvgIpc) is 2.55. The number of rotatable bonds is 3. The third kappa shape index (κ3) is 1.86. The zero-order valence-electron chi connectivity index (χ0n) is 9.23. The molecule has 0 heterocycles. The van der Waals surface area contributed by atoms with Gasteiger partial charge < -0.3 is 10.8 Å². The van der Waals surface area contributed by atoms with Crippen molar-refractivity contribution in [3.8, 4) is 0 Å². The summed E-state index contributed by atoms with van der Waals surface area (Å²) in [6.45, 7) is 2.05. The maximum atomic E-state index is 10.8. The van der Waals surface area contributed by atoms with E-state index in [1.165, 1.54) is 11.1 Å². The van der Waals surface area contributed by atoms with Crippen molar-refractivity contribution < 1.29 is 9.90 Å². The molecular weight excluding hydrogens is 202 g/mol. The molecule has 0 fully saturated rings. The van der Waals surface area contributed by atoms with Crippen LogP contribution < -0.4 is 5.73 Å². The van der Waals surface area contributed by atoms with E-state index in [1.54, 1.807) is 0 Å². The number of carboxylic acids is 1. The third-order valence-corrected chi connectivity index (χ3v) is 3.05. The van der Waals surface area contributed by atoms with Gasteiger partial charge in [0.05, 0.1) is 0 Å². The molecule has 1 unspecified atom stereocenters. The lowest BCUT2D eigenvalue weighted by Crippen LogP contribution is -2.30. The molecule has 0 spiro atoms. The van der Waals surface area contributed by atoms with Crippen LogP contribution in [0.2, 0.25) is 0 Å². The van der Waals surface area contributed by atoms with Crippen molar-refractivity contribution in [2.75, 3.05) is 0 Å². The first-order valence-corrected chi connectivity index (χ1v) is 5.35. The minimum atomic E-state index is -0.940. The smallest absolute Gasteiger partial charge is 0.320 e. The van der Waals surface area contributed by atoms with Crippen LogP contribution in [-0.2, 0) is 11.2 Å². The minimum absolute atomic E-state index is 0.415. The van der Waals surface area contributed by atoms with Gasteiger partial charge in [0.25, 0.3) is 0 Å². The summed E-state index contributed by atoms with van der Waals surface area (Å²) >= 11 is 0. The summed E-state index contributed by atoms with van der Waals surface area (Å²) in [4.78, 5) is 10.8. The average molecular weight is 217 g/mol. The molecule has 0 aromatic heterocycles. The van der Waals surface area contributed by atoms with Crippen molar-refractivity contribution in [2.45, 2.75) is 25.8 Å². The molecule has 0 amide bonds. The van der Waals surface area contributed by atoms with Gasteiger partial charge in [0.2, 0.25) is 0 Å². The maximum Gasteiger partial charge on any atom is 0.320 e. The van der Waals surface area contributed by atoms with Gasteiger partial charge in [-0.15, -0.1) is 0 Å². The van der Waals surface area contributed by atoms with Gasteiger partial charge in [-0.25, -0.2) is 0 Å². The number of benzene rings is 1. The first-order valence-electron chi connectivity index (χ1n) is 5.35. The molecule has 1 aromatic carbocycles. The fourth-order valence-electron chi connectivity index (χ4n) is 2.18. The van der Waals surface area contributed by atoms with Gasteiger partial charge >= 0.3 is 5.97 Å². The quantitative estimate of drug-likeness (QED) is 0.811. The highest BCUT2D eigenvalue weighted by Crippen LogP contribution is 2.34. The summed E-state index contributed by atoms with van der Waals surface area (Å²) in [5.74, 6) is -0.940. The van der Waals surface area contributed by atoms with Crippen molar-refractivity contribution >= 4 is 11.5 Å². The van der Waals surface area contributed by atoms with Gasteiger partial charge in [0, 0.05) is 0 Å². The molecule has 0 saturated heterocycles. The molecule has 1 aromatic rings. The van der Waals surface area contributed by atoms with Crippen LogP contribution in [0.3, 0.4) is 0 Å². The van der Waals surface area contributed by atoms with Crippen LogP contribution in [-0.4, -0.2) is 17.1 Å². The van der Waals surface area contributed by atoms with E-state index < -0.39 is 12.0 Å². The molecule has 3 nitrogen and oxygen atoms in total. The van der Waals surface area contributed by atoms with Crippen LogP contribution in [0.5, 0.6) is 0 Å². The maximum absolute atomic E-state index is 10.8. The molecule has 0 saturated carbocycles. The highest BCUT2D eigenvalue weighted by atomic mass is 16.4. The molecule has 2 rings (SSSR count). The minimum Gasteiger partial charge on any atom is -0.480 e. The zero-order valence-corrected chi connectivity index (χ0v) is 9.23. The second-order valence-corrected chi connectivity index (χ2v) is 4.24. The molecule has 16 heavy (non-hydrogen) atoms. The molecule has 1 aliphatic carbocycles. The Morgan fingerprint density at radius 1 is 1.50 bits per heavy atom. The molecule has 3 N–H and O–H groups in total. The van der Waals surface area contributed by atoms with Gasteiger partial charge in [0.1, 0.15) is 6.04 Å². The summed E-state index contributed by atoms with van der Waals surface area (Å²) in [6.07, 6.45) is 1.33. The Hall–Kier alpha value is -1.61. The van der Waals surface area contributed by atoms with Crippen LogP contribution in [0.4, 0.5) is 0 Å². The molecular formula is C13H15NO2. The highest BCUT2D eigenvalue weighted by Gasteiger charge is 2.22. The van der Waals surface area contributed by atoms with E-state index in [0.29, 0.717) is 6.42 Å². The largest absolute Gasteiger partial charge is 0.480 e. The number of aliphatic carboxylic acids is 1. The number of hydrogen-bond acceptors (Lipinski definition) is 2. The zero-order chi connectivity index (χ0) is 11.7. The summed E-state index contributed by atoms with van der Waals surface area (Å²) in [5.41, 5.74) is 10.4. The van der Waals surface area contributed by atoms with Gasteiger partial charge in [-0.1, -0.05) is 29.8 Å². The lowest BCUT2D eigenvalue weighted by molar-refractivity contribution is -0.138. The second kappa shape index (κ2) is 4.10. The normalized spacial score (nSPS) is 16.1. The Kier molecular flexibility index (Phi) is 2.79. The summed E-state index contributed by atoms with van der Waals surface area (Å²) in [6, 6.07) is 7.29. The van der Waals surface area contributed by atoms with Crippen molar-refractivity contribution in [1.82, 2.24) is 0 Å². The Morgan fingerprint density at radius 2 is 2.19 bits per heavy atom. The first-order chi connectivity index (χ1) is 7.59. The van der Waals surface area contributed by atoms with E-state index in [-0.39, 0.29) is 0 Å². The Morgan fingerprint density at radius 3 is 2.88 bits per heavy atom. The number of nitrogens with two attached hydrogens (primary N) is 1. The lowest BCUT2D eigenvalue weighted by Gasteiger charge is -2.10. The Labute approximate surface area is 94.6 Å². The predicted octanol–water partition coefficient (Wildman–Crippen LogP) is 1.82. The number of hydrogen-bond donors (Lipinski definition) is 2. The fourth-order valence-corrected chi connectivity index (χ4v) is 2.18. The highest BCUT2D eigenvalue weighted by molar-refractivity contribution is 5.81. The first kappa shape index (κ1) is 10.9. The van der Waals surface area contributed by atoms with Crippen LogP contribution in [0.25, 0.3) is 5.57 Å². The topological polar surface area (TPSA) is 63.3 Å². The molecule has 0 bridgehead atoms. The van der Waals surface area contributed by atoms with Gasteiger partial charge in [-0.3, -0.25) is 4.79 Å². The van der Waals surface area contributed by atoms with Gasteiger partial charge in [-0.2, -0.15) is 0 Å². The van der Waals surface area contributed by atoms with E-state index in [2.05, 4.69) is 6.07 Å². The fraction of sp³-hybridized carbons (Fsp3) is 0.308. The molecule has 3 heteroatoms. The predicted molar refractivity (Wildman–Crippen MR) is 63.0 cm³/mol.